The Labute approximate surface area is 114 Å². The maximum atomic E-state index is 11.6. The summed E-state index contributed by atoms with van der Waals surface area (Å²) in [4.78, 5) is 11.6. The molecule has 0 saturated heterocycles. The van der Waals surface area contributed by atoms with E-state index in [4.69, 9.17) is 4.74 Å². The lowest BCUT2D eigenvalue weighted by molar-refractivity contribution is -0.143. The molecule has 2 nitrogen and oxygen atoms in total. The Morgan fingerprint density at radius 2 is 1.68 bits per heavy atom. The fraction of sp³-hybridized carbons (Fsp3) is 0.176. The fourth-order valence-electron chi connectivity index (χ4n) is 2.00. The van der Waals surface area contributed by atoms with Gasteiger partial charge in [0.15, 0.2) is 6.10 Å². The SMILES string of the molecule is C[CH]C(=O)OC(c1ccccc1)c1ccccc1C. The van der Waals surface area contributed by atoms with Gasteiger partial charge in [-0.25, -0.2) is 0 Å². The fourth-order valence-corrected chi connectivity index (χ4v) is 2.00. The number of ether oxygens (including phenoxy) is 1. The van der Waals surface area contributed by atoms with Crippen LogP contribution in [-0.2, 0) is 9.53 Å². The molecule has 0 aliphatic rings. The van der Waals surface area contributed by atoms with Crippen LogP contribution < -0.4 is 0 Å². The largest absolute Gasteiger partial charge is 0.452 e. The highest BCUT2D eigenvalue weighted by molar-refractivity contribution is 5.78. The van der Waals surface area contributed by atoms with Gasteiger partial charge in [-0.2, -0.15) is 0 Å². The molecule has 1 unspecified atom stereocenters. The predicted octanol–water partition coefficient (Wildman–Crippen LogP) is 3.85. The summed E-state index contributed by atoms with van der Waals surface area (Å²) in [6.45, 7) is 3.71. The van der Waals surface area contributed by atoms with Crippen LogP contribution in [0.3, 0.4) is 0 Å². The zero-order chi connectivity index (χ0) is 13.7. The monoisotopic (exact) mass is 253 g/mol. The lowest BCUT2D eigenvalue weighted by atomic mass is 9.97. The first kappa shape index (κ1) is 13.3. The van der Waals surface area contributed by atoms with E-state index in [-0.39, 0.29) is 12.1 Å². The van der Waals surface area contributed by atoms with Crippen molar-refractivity contribution in [3.8, 4) is 0 Å². The summed E-state index contributed by atoms with van der Waals surface area (Å²) in [5.41, 5.74) is 3.11. The van der Waals surface area contributed by atoms with Gasteiger partial charge in [0, 0.05) is 0 Å². The Morgan fingerprint density at radius 3 is 2.32 bits per heavy atom. The third-order valence-corrected chi connectivity index (χ3v) is 3.04. The molecule has 0 aliphatic carbocycles. The first-order valence-electron chi connectivity index (χ1n) is 6.33. The highest BCUT2D eigenvalue weighted by Gasteiger charge is 2.19. The van der Waals surface area contributed by atoms with Gasteiger partial charge in [0.05, 0.1) is 6.42 Å². The summed E-state index contributed by atoms with van der Waals surface area (Å²) in [6, 6.07) is 17.8. The normalized spacial score (nSPS) is 11.9. The number of carbonyl (C=O) groups is 1. The molecule has 0 amide bonds. The standard InChI is InChI=1S/C17H17O2/c1-3-16(18)19-17(14-10-5-4-6-11-14)15-12-8-7-9-13(15)2/h3-12,17H,1-2H3. The van der Waals surface area contributed by atoms with Crippen molar-refractivity contribution in [2.24, 2.45) is 0 Å². The second kappa shape index (κ2) is 6.19. The molecule has 2 heteroatoms. The molecule has 0 aromatic heterocycles. The number of carbonyl (C=O) groups excluding carboxylic acids is 1. The van der Waals surface area contributed by atoms with Crippen molar-refractivity contribution in [1.29, 1.82) is 0 Å². The Balaban J connectivity index is 2.40. The van der Waals surface area contributed by atoms with Gasteiger partial charge in [-0.05, 0) is 23.6 Å². The number of hydrogen-bond acceptors (Lipinski definition) is 2. The van der Waals surface area contributed by atoms with Gasteiger partial charge in [-0.15, -0.1) is 0 Å². The van der Waals surface area contributed by atoms with Crippen molar-refractivity contribution in [3.05, 3.63) is 77.7 Å². The highest BCUT2D eigenvalue weighted by atomic mass is 16.5. The molecule has 0 spiro atoms. The van der Waals surface area contributed by atoms with Gasteiger partial charge in [0.25, 0.3) is 0 Å². The molecule has 0 heterocycles. The molecule has 0 N–H and O–H groups in total. The third kappa shape index (κ3) is 3.22. The van der Waals surface area contributed by atoms with Crippen LogP contribution in [0.2, 0.25) is 0 Å². The average molecular weight is 253 g/mol. The first-order valence-corrected chi connectivity index (χ1v) is 6.33. The van der Waals surface area contributed by atoms with Gasteiger partial charge in [-0.3, -0.25) is 4.79 Å². The van der Waals surface area contributed by atoms with Crippen molar-refractivity contribution in [3.63, 3.8) is 0 Å². The average Bonchev–Trinajstić information content (AvgIpc) is 2.46. The van der Waals surface area contributed by atoms with Crippen molar-refractivity contribution in [2.75, 3.05) is 0 Å². The maximum Gasteiger partial charge on any atom is 0.310 e. The molecule has 0 aliphatic heterocycles. The minimum Gasteiger partial charge on any atom is -0.452 e. The van der Waals surface area contributed by atoms with E-state index in [0.29, 0.717) is 0 Å². The van der Waals surface area contributed by atoms with Gasteiger partial charge in [0.2, 0.25) is 0 Å². The van der Waals surface area contributed by atoms with Crippen LogP contribution >= 0.6 is 0 Å². The Morgan fingerprint density at radius 1 is 1.05 bits per heavy atom. The van der Waals surface area contributed by atoms with Gasteiger partial charge in [-0.1, -0.05) is 61.5 Å². The Hall–Kier alpha value is -2.09. The molecular formula is C17H17O2. The number of esters is 1. The van der Waals surface area contributed by atoms with E-state index in [1.165, 1.54) is 6.42 Å². The van der Waals surface area contributed by atoms with E-state index in [2.05, 4.69) is 0 Å². The van der Waals surface area contributed by atoms with Crippen molar-refractivity contribution in [2.45, 2.75) is 20.0 Å². The second-order valence-electron chi connectivity index (χ2n) is 4.37. The maximum absolute atomic E-state index is 11.6. The van der Waals surface area contributed by atoms with Gasteiger partial charge < -0.3 is 4.74 Å². The van der Waals surface area contributed by atoms with E-state index < -0.39 is 0 Å². The van der Waals surface area contributed by atoms with Crippen molar-refractivity contribution < 1.29 is 9.53 Å². The summed E-state index contributed by atoms with van der Waals surface area (Å²) in [7, 11) is 0. The molecule has 2 rings (SSSR count). The van der Waals surface area contributed by atoms with E-state index in [9.17, 15) is 4.79 Å². The number of aryl methyl sites for hydroxylation is 1. The summed E-state index contributed by atoms with van der Waals surface area (Å²) < 4.78 is 5.56. The molecule has 0 fully saturated rings. The number of benzene rings is 2. The van der Waals surface area contributed by atoms with E-state index in [1.54, 1.807) is 6.92 Å². The molecule has 1 atom stereocenters. The Bertz CT molecular complexity index is 546. The van der Waals surface area contributed by atoms with Crippen LogP contribution in [0.4, 0.5) is 0 Å². The van der Waals surface area contributed by atoms with Crippen LogP contribution in [0.15, 0.2) is 54.6 Å². The topological polar surface area (TPSA) is 26.3 Å². The molecule has 1 radical (unpaired) electrons. The van der Waals surface area contributed by atoms with Crippen LogP contribution in [-0.4, -0.2) is 5.97 Å². The number of hydrogen-bond donors (Lipinski definition) is 0. The summed E-state index contributed by atoms with van der Waals surface area (Å²) in [6.07, 6.45) is 1.08. The van der Waals surface area contributed by atoms with Crippen LogP contribution in [0.25, 0.3) is 0 Å². The van der Waals surface area contributed by atoms with Crippen molar-refractivity contribution in [1.82, 2.24) is 0 Å². The molecule has 0 bridgehead atoms. The van der Waals surface area contributed by atoms with Gasteiger partial charge >= 0.3 is 5.97 Å². The molecule has 2 aromatic rings. The van der Waals surface area contributed by atoms with E-state index >= 15 is 0 Å². The zero-order valence-corrected chi connectivity index (χ0v) is 11.2. The summed E-state index contributed by atoms with van der Waals surface area (Å²) in [5, 5.41) is 0. The molecular weight excluding hydrogens is 236 g/mol. The number of rotatable bonds is 4. The summed E-state index contributed by atoms with van der Waals surface area (Å²) >= 11 is 0. The molecule has 19 heavy (non-hydrogen) atoms. The predicted molar refractivity (Wildman–Crippen MR) is 75.5 cm³/mol. The smallest absolute Gasteiger partial charge is 0.310 e. The van der Waals surface area contributed by atoms with E-state index in [1.807, 2.05) is 61.5 Å². The van der Waals surface area contributed by atoms with Gasteiger partial charge in [0.1, 0.15) is 0 Å². The highest BCUT2D eigenvalue weighted by Crippen LogP contribution is 2.28. The summed E-state index contributed by atoms with van der Waals surface area (Å²) in [5.74, 6) is -0.308. The third-order valence-electron chi connectivity index (χ3n) is 3.04. The molecule has 97 valence electrons. The lowest BCUT2D eigenvalue weighted by Gasteiger charge is -2.20. The Kier molecular flexibility index (Phi) is 4.35. The second-order valence-corrected chi connectivity index (χ2v) is 4.37. The molecule has 2 aromatic carbocycles. The minimum absolute atomic E-state index is 0.308. The van der Waals surface area contributed by atoms with Crippen LogP contribution in [0.5, 0.6) is 0 Å². The quantitative estimate of drug-likeness (QED) is 0.773. The zero-order valence-electron chi connectivity index (χ0n) is 11.2. The van der Waals surface area contributed by atoms with Crippen LogP contribution in [0, 0.1) is 13.3 Å². The van der Waals surface area contributed by atoms with Crippen LogP contribution in [0.1, 0.15) is 29.7 Å². The van der Waals surface area contributed by atoms with Crippen molar-refractivity contribution >= 4 is 5.97 Å². The lowest BCUT2D eigenvalue weighted by Crippen LogP contribution is -2.13. The van der Waals surface area contributed by atoms with E-state index in [0.717, 1.165) is 16.7 Å². The first-order chi connectivity index (χ1) is 9.22. The molecule has 0 saturated carbocycles. The minimum atomic E-state index is -0.355.